The Morgan fingerprint density at radius 3 is 2.58 bits per heavy atom. The number of rotatable bonds is 8. The van der Waals surface area contributed by atoms with Crippen LogP contribution in [0.1, 0.15) is 16.2 Å². The molecule has 0 saturated carbocycles. The average molecular weight is 475 g/mol. The van der Waals surface area contributed by atoms with Gasteiger partial charge < -0.3 is 5.32 Å². The van der Waals surface area contributed by atoms with Gasteiger partial charge in [0, 0.05) is 37.0 Å². The van der Waals surface area contributed by atoms with Crippen molar-refractivity contribution in [3.8, 4) is 5.69 Å². The smallest absolute Gasteiger partial charge is 0.275 e. The Kier molecular flexibility index (Phi) is 6.94. The third-order valence-corrected chi connectivity index (χ3v) is 5.90. The number of sulfonamides is 1. The van der Waals surface area contributed by atoms with Gasteiger partial charge in [0.25, 0.3) is 11.6 Å². The first kappa shape index (κ1) is 23.7. The normalized spacial score (nSPS) is 11.2. The van der Waals surface area contributed by atoms with Gasteiger partial charge in [0.15, 0.2) is 5.69 Å². The number of aromatic nitrogens is 2. The Hall–Kier alpha value is -3.97. The third kappa shape index (κ3) is 5.45. The molecular formula is C20H18FN5O6S. The number of halogens is 1. The van der Waals surface area contributed by atoms with Gasteiger partial charge in [-0.3, -0.25) is 19.7 Å². The van der Waals surface area contributed by atoms with Crippen LogP contribution in [0, 0.1) is 22.9 Å². The number of carbonyl (C=O) groups excluding carboxylic acids is 1. The molecular weight excluding hydrogens is 457 g/mol. The monoisotopic (exact) mass is 475 g/mol. The molecule has 2 aromatic carbocycles. The highest BCUT2D eigenvalue weighted by Crippen LogP contribution is 2.17. The van der Waals surface area contributed by atoms with Gasteiger partial charge in [-0.1, -0.05) is 18.2 Å². The molecule has 0 atom stereocenters. The summed E-state index contributed by atoms with van der Waals surface area (Å²) in [4.78, 5) is 34.4. The standard InChI is InChI=1S/C20H18FN5O6S/c1-13-11-18(27)19(24-25(13)17-8-3-2-7-16(17)21)20(28)22-9-10-23-33(31,32)15-6-4-5-14(12-15)26(29)30/h2-8,11-12,23H,9-10H2,1H3,(H,22,28). The minimum Gasteiger partial charge on any atom is -0.349 e. The van der Waals surface area contributed by atoms with Gasteiger partial charge in [-0.25, -0.2) is 22.2 Å². The predicted molar refractivity (Wildman–Crippen MR) is 115 cm³/mol. The zero-order valence-electron chi connectivity index (χ0n) is 17.2. The number of carbonyl (C=O) groups is 1. The van der Waals surface area contributed by atoms with Gasteiger partial charge >= 0.3 is 0 Å². The molecule has 0 aliphatic rings. The molecule has 172 valence electrons. The Morgan fingerprint density at radius 1 is 1.15 bits per heavy atom. The van der Waals surface area contributed by atoms with Gasteiger partial charge in [0.2, 0.25) is 15.5 Å². The van der Waals surface area contributed by atoms with Crippen molar-refractivity contribution in [1.82, 2.24) is 19.8 Å². The van der Waals surface area contributed by atoms with Gasteiger partial charge in [-0.2, -0.15) is 5.10 Å². The van der Waals surface area contributed by atoms with E-state index in [1.165, 1.54) is 37.3 Å². The SMILES string of the molecule is Cc1cc(=O)c(C(=O)NCCNS(=O)(=O)c2cccc([N+](=O)[O-])c2)nn1-c1ccccc1F. The molecule has 1 aromatic heterocycles. The van der Waals surface area contributed by atoms with Crippen LogP contribution in [0.4, 0.5) is 10.1 Å². The second kappa shape index (κ2) is 9.67. The predicted octanol–water partition coefficient (Wildman–Crippen LogP) is 1.30. The molecule has 0 unspecified atom stereocenters. The molecule has 0 saturated heterocycles. The molecule has 13 heteroatoms. The second-order valence-electron chi connectivity index (χ2n) is 6.77. The van der Waals surface area contributed by atoms with E-state index in [0.29, 0.717) is 5.69 Å². The van der Waals surface area contributed by atoms with Crippen LogP contribution in [0.2, 0.25) is 0 Å². The Morgan fingerprint density at radius 2 is 1.88 bits per heavy atom. The van der Waals surface area contributed by atoms with Crippen molar-refractivity contribution in [1.29, 1.82) is 0 Å². The molecule has 0 spiro atoms. The quantitative estimate of drug-likeness (QED) is 0.283. The van der Waals surface area contributed by atoms with E-state index in [4.69, 9.17) is 0 Å². The van der Waals surface area contributed by atoms with Crippen LogP contribution in [0.15, 0.2) is 64.3 Å². The van der Waals surface area contributed by atoms with Gasteiger partial charge in [0.1, 0.15) is 11.5 Å². The van der Waals surface area contributed by atoms with E-state index in [2.05, 4.69) is 15.1 Å². The number of nitrogens with one attached hydrogen (secondary N) is 2. The van der Waals surface area contributed by atoms with E-state index in [0.717, 1.165) is 22.9 Å². The van der Waals surface area contributed by atoms with Crippen LogP contribution in [0.3, 0.4) is 0 Å². The van der Waals surface area contributed by atoms with E-state index in [1.54, 1.807) is 6.07 Å². The largest absolute Gasteiger partial charge is 0.349 e. The lowest BCUT2D eigenvalue weighted by Crippen LogP contribution is -2.37. The summed E-state index contributed by atoms with van der Waals surface area (Å²) in [5.41, 5.74) is -1.21. The Bertz CT molecular complexity index is 1390. The van der Waals surface area contributed by atoms with Crippen LogP contribution in [0.5, 0.6) is 0 Å². The average Bonchev–Trinajstić information content (AvgIpc) is 2.77. The zero-order chi connectivity index (χ0) is 24.2. The minimum absolute atomic E-state index is 0.0498. The molecule has 1 amide bonds. The molecule has 0 aliphatic heterocycles. The van der Waals surface area contributed by atoms with Crippen molar-refractivity contribution in [2.45, 2.75) is 11.8 Å². The van der Waals surface area contributed by atoms with Crippen LogP contribution >= 0.6 is 0 Å². The number of aryl methyl sites for hydroxylation is 1. The molecule has 0 fully saturated rings. The molecule has 3 aromatic rings. The van der Waals surface area contributed by atoms with E-state index in [9.17, 15) is 32.5 Å². The fourth-order valence-corrected chi connectivity index (χ4v) is 3.94. The minimum atomic E-state index is -4.07. The van der Waals surface area contributed by atoms with Gasteiger partial charge in [-0.05, 0) is 25.1 Å². The number of nitro benzene ring substituents is 1. The van der Waals surface area contributed by atoms with Crippen molar-refractivity contribution >= 4 is 21.6 Å². The van der Waals surface area contributed by atoms with Crippen molar-refractivity contribution in [3.05, 3.63) is 92.1 Å². The lowest BCUT2D eigenvalue weighted by Gasteiger charge is -2.12. The second-order valence-corrected chi connectivity index (χ2v) is 8.54. The maximum atomic E-state index is 14.1. The molecule has 2 N–H and O–H groups in total. The fourth-order valence-electron chi connectivity index (χ4n) is 2.86. The van der Waals surface area contributed by atoms with E-state index < -0.39 is 37.8 Å². The number of benzene rings is 2. The zero-order valence-corrected chi connectivity index (χ0v) is 18.0. The highest BCUT2D eigenvalue weighted by molar-refractivity contribution is 7.89. The summed E-state index contributed by atoms with van der Waals surface area (Å²) in [5.74, 6) is -1.47. The van der Waals surface area contributed by atoms with E-state index >= 15 is 0 Å². The summed E-state index contributed by atoms with van der Waals surface area (Å²) >= 11 is 0. The lowest BCUT2D eigenvalue weighted by molar-refractivity contribution is -0.385. The summed E-state index contributed by atoms with van der Waals surface area (Å²) in [6.07, 6.45) is 0. The van der Waals surface area contributed by atoms with Crippen LogP contribution in [0.25, 0.3) is 5.69 Å². The van der Waals surface area contributed by atoms with Crippen LogP contribution in [-0.2, 0) is 10.0 Å². The number of amides is 1. The molecule has 1 heterocycles. The van der Waals surface area contributed by atoms with Crippen LogP contribution in [-0.4, -0.2) is 42.1 Å². The molecule has 0 radical (unpaired) electrons. The fraction of sp³-hybridized carbons (Fsp3) is 0.150. The highest BCUT2D eigenvalue weighted by atomic mass is 32.2. The van der Waals surface area contributed by atoms with E-state index in [1.807, 2.05) is 0 Å². The molecule has 33 heavy (non-hydrogen) atoms. The summed E-state index contributed by atoms with van der Waals surface area (Å²) in [7, 11) is -4.07. The third-order valence-electron chi connectivity index (χ3n) is 4.44. The Balaban J connectivity index is 1.69. The van der Waals surface area contributed by atoms with E-state index in [-0.39, 0.29) is 29.4 Å². The molecule has 11 nitrogen and oxygen atoms in total. The maximum absolute atomic E-state index is 14.1. The molecule has 0 bridgehead atoms. The number of para-hydroxylation sites is 1. The Labute approximate surface area is 187 Å². The van der Waals surface area contributed by atoms with Gasteiger partial charge in [0.05, 0.1) is 9.82 Å². The highest BCUT2D eigenvalue weighted by Gasteiger charge is 2.19. The number of hydrogen-bond acceptors (Lipinski definition) is 7. The topological polar surface area (TPSA) is 153 Å². The number of nitrogens with zero attached hydrogens (tertiary/aromatic N) is 3. The first-order valence-electron chi connectivity index (χ1n) is 9.48. The summed E-state index contributed by atoms with van der Waals surface area (Å²) in [6, 6.07) is 11.3. The lowest BCUT2D eigenvalue weighted by atomic mass is 10.2. The van der Waals surface area contributed by atoms with Crippen LogP contribution < -0.4 is 15.5 Å². The van der Waals surface area contributed by atoms with Crippen molar-refractivity contribution in [2.24, 2.45) is 0 Å². The first-order chi connectivity index (χ1) is 15.6. The van der Waals surface area contributed by atoms with Gasteiger partial charge in [-0.15, -0.1) is 0 Å². The number of nitro groups is 1. The van der Waals surface area contributed by atoms with Crippen molar-refractivity contribution < 1.29 is 22.5 Å². The summed E-state index contributed by atoms with van der Waals surface area (Å²) in [6.45, 7) is 1.07. The first-order valence-corrected chi connectivity index (χ1v) is 11.0. The molecule has 0 aliphatic carbocycles. The molecule has 3 rings (SSSR count). The summed E-state index contributed by atoms with van der Waals surface area (Å²) < 4.78 is 42.0. The van der Waals surface area contributed by atoms with Crippen molar-refractivity contribution in [2.75, 3.05) is 13.1 Å². The maximum Gasteiger partial charge on any atom is 0.275 e. The number of non-ortho nitro benzene ring substituents is 1. The van der Waals surface area contributed by atoms with Crippen molar-refractivity contribution in [3.63, 3.8) is 0 Å². The summed E-state index contributed by atoms with van der Waals surface area (Å²) in [5, 5.41) is 17.1. The number of hydrogen-bond donors (Lipinski definition) is 2.